The summed E-state index contributed by atoms with van der Waals surface area (Å²) in [7, 11) is 0. The van der Waals surface area contributed by atoms with Gasteiger partial charge in [0, 0.05) is 18.7 Å². The maximum atomic E-state index is 10.6. The minimum atomic E-state index is -0.400. The van der Waals surface area contributed by atoms with Gasteiger partial charge in [-0.25, -0.2) is 4.98 Å². The van der Waals surface area contributed by atoms with Crippen LogP contribution in [0.3, 0.4) is 0 Å². The fraction of sp³-hybridized carbons (Fsp3) is 0.364. The Morgan fingerprint density at radius 2 is 2.35 bits per heavy atom. The van der Waals surface area contributed by atoms with Crippen LogP contribution >= 0.6 is 11.3 Å². The zero-order chi connectivity index (χ0) is 12.3. The first-order valence-corrected chi connectivity index (χ1v) is 6.31. The Kier molecular flexibility index (Phi) is 3.53. The van der Waals surface area contributed by atoms with E-state index in [-0.39, 0.29) is 5.69 Å². The van der Waals surface area contributed by atoms with Gasteiger partial charge in [-0.15, -0.1) is 0 Å². The standard InChI is InChI=1S/C11H13N3O2S/c1-2-3-6-12-11-13-9-7-8(14(15)16)4-5-10(9)17-11/h4-5,7H,2-3,6H2,1H3,(H,12,13). The zero-order valence-electron chi connectivity index (χ0n) is 9.47. The summed E-state index contributed by atoms with van der Waals surface area (Å²) >= 11 is 1.52. The van der Waals surface area contributed by atoms with Crippen molar-refractivity contribution in [2.75, 3.05) is 11.9 Å². The van der Waals surface area contributed by atoms with E-state index in [0.717, 1.165) is 29.2 Å². The molecular weight excluding hydrogens is 238 g/mol. The highest BCUT2D eigenvalue weighted by Gasteiger charge is 2.09. The van der Waals surface area contributed by atoms with Crippen LogP contribution in [0.4, 0.5) is 10.8 Å². The summed E-state index contributed by atoms with van der Waals surface area (Å²) in [5.41, 5.74) is 0.770. The number of nitro groups is 1. The molecule has 0 aliphatic rings. The van der Waals surface area contributed by atoms with Crippen molar-refractivity contribution in [3.63, 3.8) is 0 Å². The second-order valence-corrected chi connectivity index (χ2v) is 4.74. The Morgan fingerprint density at radius 1 is 1.53 bits per heavy atom. The molecule has 0 atom stereocenters. The first-order valence-electron chi connectivity index (χ1n) is 5.49. The Bertz CT molecular complexity index is 538. The number of benzene rings is 1. The third-order valence-electron chi connectivity index (χ3n) is 2.39. The average molecular weight is 251 g/mol. The second-order valence-electron chi connectivity index (χ2n) is 3.71. The van der Waals surface area contributed by atoms with E-state index < -0.39 is 4.92 Å². The minimum Gasteiger partial charge on any atom is -0.361 e. The number of nitrogens with zero attached hydrogens (tertiary/aromatic N) is 2. The van der Waals surface area contributed by atoms with Gasteiger partial charge in [0.2, 0.25) is 0 Å². The lowest BCUT2D eigenvalue weighted by Gasteiger charge is -1.98. The molecule has 0 radical (unpaired) electrons. The highest BCUT2D eigenvalue weighted by molar-refractivity contribution is 7.22. The zero-order valence-corrected chi connectivity index (χ0v) is 10.3. The van der Waals surface area contributed by atoms with Crippen molar-refractivity contribution in [1.82, 2.24) is 4.98 Å². The van der Waals surface area contributed by atoms with Crippen LogP contribution in [0.2, 0.25) is 0 Å². The molecule has 0 fully saturated rings. The summed E-state index contributed by atoms with van der Waals surface area (Å²) in [6.07, 6.45) is 2.22. The van der Waals surface area contributed by atoms with Crippen molar-refractivity contribution < 1.29 is 4.92 Å². The number of unbranched alkanes of at least 4 members (excludes halogenated alkanes) is 1. The van der Waals surface area contributed by atoms with Gasteiger partial charge in [0.1, 0.15) is 0 Å². The molecule has 0 aliphatic heterocycles. The summed E-state index contributed by atoms with van der Waals surface area (Å²) in [5, 5.41) is 14.7. The number of hydrogen-bond donors (Lipinski definition) is 1. The van der Waals surface area contributed by atoms with Gasteiger partial charge < -0.3 is 5.32 Å². The van der Waals surface area contributed by atoms with Crippen LogP contribution in [-0.2, 0) is 0 Å². The minimum absolute atomic E-state index is 0.0860. The van der Waals surface area contributed by atoms with Crippen LogP contribution < -0.4 is 5.32 Å². The number of nitro benzene ring substituents is 1. The first-order chi connectivity index (χ1) is 8.20. The molecule has 0 saturated heterocycles. The predicted molar refractivity (Wildman–Crippen MR) is 69.7 cm³/mol. The molecule has 0 aliphatic carbocycles. The van der Waals surface area contributed by atoms with Crippen molar-refractivity contribution in [1.29, 1.82) is 0 Å². The molecule has 0 amide bonds. The highest BCUT2D eigenvalue weighted by atomic mass is 32.1. The first kappa shape index (κ1) is 11.8. The molecule has 1 heterocycles. The van der Waals surface area contributed by atoms with Gasteiger partial charge in [-0.05, 0) is 12.5 Å². The van der Waals surface area contributed by atoms with Crippen molar-refractivity contribution >= 4 is 32.4 Å². The van der Waals surface area contributed by atoms with E-state index in [1.54, 1.807) is 6.07 Å². The van der Waals surface area contributed by atoms with E-state index in [1.807, 2.05) is 0 Å². The van der Waals surface area contributed by atoms with Crippen molar-refractivity contribution in [2.45, 2.75) is 19.8 Å². The van der Waals surface area contributed by atoms with Crippen LogP contribution in [0, 0.1) is 10.1 Å². The molecule has 2 rings (SSSR count). The Hall–Kier alpha value is -1.69. The molecule has 0 spiro atoms. The number of nitrogens with one attached hydrogen (secondary N) is 1. The molecule has 6 heteroatoms. The lowest BCUT2D eigenvalue weighted by Crippen LogP contribution is -1.99. The molecule has 17 heavy (non-hydrogen) atoms. The summed E-state index contributed by atoms with van der Waals surface area (Å²) in [6, 6.07) is 4.77. The van der Waals surface area contributed by atoms with E-state index in [9.17, 15) is 10.1 Å². The summed E-state index contributed by atoms with van der Waals surface area (Å²) in [6.45, 7) is 3.02. The number of hydrogen-bond acceptors (Lipinski definition) is 5. The van der Waals surface area contributed by atoms with Crippen LogP contribution in [0.25, 0.3) is 10.2 Å². The number of thiazole rings is 1. The van der Waals surface area contributed by atoms with Crippen molar-refractivity contribution in [2.24, 2.45) is 0 Å². The lowest BCUT2D eigenvalue weighted by molar-refractivity contribution is -0.384. The van der Waals surface area contributed by atoms with Gasteiger partial charge in [-0.1, -0.05) is 24.7 Å². The maximum Gasteiger partial charge on any atom is 0.271 e. The molecule has 1 aromatic heterocycles. The van der Waals surface area contributed by atoms with Gasteiger partial charge in [0.25, 0.3) is 5.69 Å². The third-order valence-corrected chi connectivity index (χ3v) is 3.38. The fourth-order valence-corrected chi connectivity index (χ4v) is 2.35. The van der Waals surface area contributed by atoms with Gasteiger partial charge in [-0.3, -0.25) is 10.1 Å². The maximum absolute atomic E-state index is 10.6. The molecule has 1 N–H and O–H groups in total. The van der Waals surface area contributed by atoms with Crippen molar-refractivity contribution in [3.8, 4) is 0 Å². The van der Waals surface area contributed by atoms with Crippen molar-refractivity contribution in [3.05, 3.63) is 28.3 Å². The largest absolute Gasteiger partial charge is 0.361 e. The van der Waals surface area contributed by atoms with E-state index in [2.05, 4.69) is 17.2 Å². The average Bonchev–Trinajstić information content (AvgIpc) is 2.70. The number of non-ortho nitro benzene ring substituents is 1. The number of fused-ring (bicyclic) bond motifs is 1. The molecule has 90 valence electrons. The van der Waals surface area contributed by atoms with E-state index in [0.29, 0.717) is 5.52 Å². The number of anilines is 1. The topological polar surface area (TPSA) is 68.1 Å². The summed E-state index contributed by atoms with van der Waals surface area (Å²) in [5.74, 6) is 0. The molecule has 0 unspecified atom stereocenters. The fourth-order valence-electron chi connectivity index (χ4n) is 1.48. The second kappa shape index (κ2) is 5.09. The number of rotatable bonds is 5. The normalized spacial score (nSPS) is 10.6. The van der Waals surface area contributed by atoms with E-state index >= 15 is 0 Å². The Morgan fingerprint density at radius 3 is 3.06 bits per heavy atom. The molecule has 2 aromatic rings. The van der Waals surface area contributed by atoms with Gasteiger partial charge in [-0.2, -0.15) is 0 Å². The highest BCUT2D eigenvalue weighted by Crippen LogP contribution is 2.28. The molecule has 0 bridgehead atoms. The summed E-state index contributed by atoms with van der Waals surface area (Å²) < 4.78 is 0.967. The van der Waals surface area contributed by atoms with Crippen LogP contribution in [0.1, 0.15) is 19.8 Å². The monoisotopic (exact) mass is 251 g/mol. The quantitative estimate of drug-likeness (QED) is 0.502. The van der Waals surface area contributed by atoms with Gasteiger partial charge >= 0.3 is 0 Å². The summed E-state index contributed by atoms with van der Waals surface area (Å²) in [4.78, 5) is 14.6. The Balaban J connectivity index is 2.21. The number of aromatic nitrogens is 1. The van der Waals surface area contributed by atoms with Gasteiger partial charge in [0.05, 0.1) is 15.1 Å². The molecular formula is C11H13N3O2S. The smallest absolute Gasteiger partial charge is 0.271 e. The Labute approximate surface area is 103 Å². The van der Waals surface area contributed by atoms with E-state index in [4.69, 9.17) is 0 Å². The van der Waals surface area contributed by atoms with Crippen LogP contribution in [0.15, 0.2) is 18.2 Å². The van der Waals surface area contributed by atoms with Crippen LogP contribution in [0.5, 0.6) is 0 Å². The van der Waals surface area contributed by atoms with E-state index in [1.165, 1.54) is 23.5 Å². The molecule has 1 aromatic carbocycles. The third kappa shape index (κ3) is 2.71. The molecule has 5 nitrogen and oxygen atoms in total. The predicted octanol–water partition coefficient (Wildman–Crippen LogP) is 3.42. The van der Waals surface area contributed by atoms with Gasteiger partial charge in [0.15, 0.2) is 5.13 Å². The van der Waals surface area contributed by atoms with Crippen LogP contribution in [-0.4, -0.2) is 16.5 Å². The molecule has 0 saturated carbocycles. The lowest BCUT2D eigenvalue weighted by atomic mass is 10.3. The SMILES string of the molecule is CCCCNc1nc2cc([N+](=O)[O-])ccc2s1.